The highest BCUT2D eigenvalue weighted by Crippen LogP contribution is 2.38. The molecular weight excluding hydrogens is 322 g/mol. The SMILES string of the molecule is Brc1cc(CNCCn2cccn2)cc2c1OCCO2. The van der Waals surface area contributed by atoms with Crippen LogP contribution in [0.25, 0.3) is 0 Å². The first-order valence-electron chi connectivity index (χ1n) is 6.59. The molecule has 0 bridgehead atoms. The van der Waals surface area contributed by atoms with Gasteiger partial charge in [0.15, 0.2) is 11.5 Å². The van der Waals surface area contributed by atoms with E-state index >= 15 is 0 Å². The molecule has 1 aliphatic heterocycles. The molecule has 5 nitrogen and oxygen atoms in total. The first kappa shape index (κ1) is 13.5. The van der Waals surface area contributed by atoms with Gasteiger partial charge in [0.25, 0.3) is 0 Å². The highest BCUT2D eigenvalue weighted by molar-refractivity contribution is 9.10. The Morgan fingerprint density at radius 1 is 1.30 bits per heavy atom. The number of benzene rings is 1. The van der Waals surface area contributed by atoms with Gasteiger partial charge in [0.05, 0.1) is 11.0 Å². The molecule has 0 fully saturated rings. The summed E-state index contributed by atoms with van der Waals surface area (Å²) in [6, 6.07) is 6.02. The Balaban J connectivity index is 1.56. The summed E-state index contributed by atoms with van der Waals surface area (Å²) in [6.45, 7) is 3.73. The van der Waals surface area contributed by atoms with E-state index in [-0.39, 0.29) is 0 Å². The quantitative estimate of drug-likeness (QED) is 0.850. The number of hydrogen-bond acceptors (Lipinski definition) is 4. The van der Waals surface area contributed by atoms with Crippen molar-refractivity contribution in [3.63, 3.8) is 0 Å². The Morgan fingerprint density at radius 3 is 3.05 bits per heavy atom. The Labute approximate surface area is 126 Å². The van der Waals surface area contributed by atoms with Crippen LogP contribution in [0, 0.1) is 0 Å². The third-order valence-corrected chi connectivity index (χ3v) is 3.65. The van der Waals surface area contributed by atoms with E-state index in [1.807, 2.05) is 23.0 Å². The van der Waals surface area contributed by atoms with Crippen molar-refractivity contribution in [1.29, 1.82) is 0 Å². The molecule has 1 aromatic heterocycles. The molecule has 0 saturated heterocycles. The normalized spacial score (nSPS) is 13.4. The van der Waals surface area contributed by atoms with Crippen molar-refractivity contribution in [2.45, 2.75) is 13.1 Å². The first-order chi connectivity index (χ1) is 9.83. The van der Waals surface area contributed by atoms with Gasteiger partial charge in [-0.05, 0) is 39.7 Å². The average Bonchev–Trinajstić information content (AvgIpc) is 2.97. The van der Waals surface area contributed by atoms with E-state index in [1.54, 1.807) is 6.20 Å². The summed E-state index contributed by atoms with van der Waals surface area (Å²) in [7, 11) is 0. The zero-order valence-corrected chi connectivity index (χ0v) is 12.6. The lowest BCUT2D eigenvalue weighted by Crippen LogP contribution is -2.20. The van der Waals surface area contributed by atoms with Crippen molar-refractivity contribution in [3.8, 4) is 11.5 Å². The average molecular weight is 338 g/mol. The van der Waals surface area contributed by atoms with Gasteiger partial charge in [0, 0.05) is 25.5 Å². The first-order valence-corrected chi connectivity index (χ1v) is 7.38. The van der Waals surface area contributed by atoms with Crippen LogP contribution < -0.4 is 14.8 Å². The fraction of sp³-hybridized carbons (Fsp3) is 0.357. The van der Waals surface area contributed by atoms with Crippen LogP contribution in [0.1, 0.15) is 5.56 Å². The second-order valence-corrected chi connectivity index (χ2v) is 5.40. The van der Waals surface area contributed by atoms with Gasteiger partial charge in [0.1, 0.15) is 13.2 Å². The summed E-state index contributed by atoms with van der Waals surface area (Å²) < 4.78 is 14.0. The van der Waals surface area contributed by atoms with Crippen molar-refractivity contribution in [1.82, 2.24) is 15.1 Å². The maximum Gasteiger partial charge on any atom is 0.175 e. The van der Waals surface area contributed by atoms with E-state index < -0.39 is 0 Å². The van der Waals surface area contributed by atoms with Gasteiger partial charge in [-0.1, -0.05) is 0 Å². The summed E-state index contributed by atoms with van der Waals surface area (Å²) >= 11 is 3.53. The van der Waals surface area contributed by atoms with Crippen LogP contribution >= 0.6 is 15.9 Å². The lowest BCUT2D eigenvalue weighted by molar-refractivity contribution is 0.170. The molecule has 1 aliphatic rings. The number of fused-ring (bicyclic) bond motifs is 1. The van der Waals surface area contributed by atoms with E-state index in [1.165, 1.54) is 5.56 Å². The fourth-order valence-electron chi connectivity index (χ4n) is 2.13. The van der Waals surface area contributed by atoms with Crippen molar-refractivity contribution >= 4 is 15.9 Å². The zero-order chi connectivity index (χ0) is 13.8. The van der Waals surface area contributed by atoms with Gasteiger partial charge >= 0.3 is 0 Å². The number of halogens is 1. The van der Waals surface area contributed by atoms with E-state index in [0.717, 1.165) is 35.6 Å². The molecule has 0 radical (unpaired) electrons. The lowest BCUT2D eigenvalue weighted by atomic mass is 10.2. The summed E-state index contributed by atoms with van der Waals surface area (Å²) in [5.41, 5.74) is 1.17. The minimum atomic E-state index is 0.604. The molecule has 0 unspecified atom stereocenters. The molecule has 0 saturated carbocycles. The number of rotatable bonds is 5. The molecule has 0 atom stereocenters. The van der Waals surface area contributed by atoms with E-state index in [4.69, 9.17) is 9.47 Å². The highest BCUT2D eigenvalue weighted by atomic mass is 79.9. The maximum absolute atomic E-state index is 5.61. The summed E-state index contributed by atoms with van der Waals surface area (Å²) in [5, 5.41) is 7.56. The lowest BCUT2D eigenvalue weighted by Gasteiger charge is -2.20. The molecule has 106 valence electrons. The number of ether oxygens (including phenoxy) is 2. The number of hydrogen-bond donors (Lipinski definition) is 1. The second kappa shape index (κ2) is 6.28. The van der Waals surface area contributed by atoms with Crippen LogP contribution in [0.2, 0.25) is 0 Å². The molecule has 0 spiro atoms. The fourth-order valence-corrected chi connectivity index (χ4v) is 2.73. The predicted molar refractivity (Wildman–Crippen MR) is 79.1 cm³/mol. The molecule has 3 rings (SSSR count). The van der Waals surface area contributed by atoms with Crippen LogP contribution in [0.5, 0.6) is 11.5 Å². The van der Waals surface area contributed by atoms with Gasteiger partial charge < -0.3 is 14.8 Å². The van der Waals surface area contributed by atoms with Crippen LogP contribution in [-0.2, 0) is 13.1 Å². The summed E-state index contributed by atoms with van der Waals surface area (Å²) in [4.78, 5) is 0. The van der Waals surface area contributed by atoms with Gasteiger partial charge in [0.2, 0.25) is 0 Å². The Hall–Kier alpha value is -1.53. The van der Waals surface area contributed by atoms with E-state index in [9.17, 15) is 0 Å². The molecular formula is C14H16BrN3O2. The van der Waals surface area contributed by atoms with Gasteiger partial charge in [-0.15, -0.1) is 0 Å². The molecule has 20 heavy (non-hydrogen) atoms. The van der Waals surface area contributed by atoms with Crippen molar-refractivity contribution in [2.75, 3.05) is 19.8 Å². The predicted octanol–water partition coefficient (Wildman–Crippen LogP) is 2.21. The zero-order valence-electron chi connectivity index (χ0n) is 11.0. The molecule has 0 amide bonds. The largest absolute Gasteiger partial charge is 0.486 e. The minimum absolute atomic E-state index is 0.604. The monoisotopic (exact) mass is 337 g/mol. The number of nitrogens with one attached hydrogen (secondary N) is 1. The molecule has 1 N–H and O–H groups in total. The smallest absolute Gasteiger partial charge is 0.175 e. The van der Waals surface area contributed by atoms with Crippen LogP contribution in [0.3, 0.4) is 0 Å². The standard InChI is InChI=1S/C14H16BrN3O2/c15-12-8-11(9-13-14(12)20-7-6-19-13)10-16-3-5-18-4-1-2-17-18/h1-2,4,8-9,16H,3,5-7,10H2. The van der Waals surface area contributed by atoms with E-state index in [0.29, 0.717) is 13.2 Å². The topological polar surface area (TPSA) is 48.3 Å². The van der Waals surface area contributed by atoms with Crippen LogP contribution in [0.4, 0.5) is 0 Å². The highest BCUT2D eigenvalue weighted by Gasteiger charge is 2.15. The minimum Gasteiger partial charge on any atom is -0.486 e. The summed E-state index contributed by atoms with van der Waals surface area (Å²) in [6.07, 6.45) is 3.75. The molecule has 0 aliphatic carbocycles. The number of nitrogens with zero attached hydrogens (tertiary/aromatic N) is 2. The van der Waals surface area contributed by atoms with Crippen LogP contribution in [-0.4, -0.2) is 29.5 Å². The van der Waals surface area contributed by atoms with Crippen molar-refractivity contribution < 1.29 is 9.47 Å². The van der Waals surface area contributed by atoms with E-state index in [2.05, 4.69) is 32.4 Å². The van der Waals surface area contributed by atoms with Gasteiger partial charge in [-0.3, -0.25) is 4.68 Å². The Morgan fingerprint density at radius 2 is 2.20 bits per heavy atom. The van der Waals surface area contributed by atoms with Crippen molar-refractivity contribution in [3.05, 3.63) is 40.6 Å². The van der Waals surface area contributed by atoms with Crippen LogP contribution in [0.15, 0.2) is 35.1 Å². The molecule has 1 aromatic carbocycles. The second-order valence-electron chi connectivity index (χ2n) is 4.55. The third kappa shape index (κ3) is 3.13. The van der Waals surface area contributed by atoms with Gasteiger partial charge in [-0.2, -0.15) is 5.10 Å². The van der Waals surface area contributed by atoms with Crippen molar-refractivity contribution in [2.24, 2.45) is 0 Å². The third-order valence-electron chi connectivity index (χ3n) is 3.06. The maximum atomic E-state index is 5.61. The van der Waals surface area contributed by atoms with Gasteiger partial charge in [-0.25, -0.2) is 0 Å². The Kier molecular flexibility index (Phi) is 4.22. The number of aromatic nitrogens is 2. The molecule has 2 heterocycles. The molecule has 2 aromatic rings. The summed E-state index contributed by atoms with van der Waals surface area (Å²) in [5.74, 6) is 1.62. The molecule has 6 heteroatoms. The Bertz CT molecular complexity index is 572.